The fourth-order valence-electron chi connectivity index (χ4n) is 4.35. The highest BCUT2D eigenvalue weighted by Crippen LogP contribution is 2.48. The van der Waals surface area contributed by atoms with Crippen LogP contribution in [0.2, 0.25) is 0 Å². The van der Waals surface area contributed by atoms with Crippen LogP contribution < -0.4 is 4.31 Å². The van der Waals surface area contributed by atoms with Crippen LogP contribution in [0.5, 0.6) is 0 Å². The van der Waals surface area contributed by atoms with Crippen LogP contribution >= 0.6 is 0 Å². The molecule has 186 valence electrons. The molecule has 1 atom stereocenters. The maximum absolute atomic E-state index is 14.0. The molecule has 0 bridgehead atoms. The van der Waals surface area contributed by atoms with Crippen LogP contribution in [0.25, 0.3) is 5.70 Å². The minimum atomic E-state index is -4.59. The zero-order valence-electron chi connectivity index (χ0n) is 19.4. The number of nitrogens with zero attached hydrogens (tertiary/aromatic N) is 1. The lowest BCUT2D eigenvalue weighted by Gasteiger charge is -2.37. The van der Waals surface area contributed by atoms with Crippen molar-refractivity contribution in [3.05, 3.63) is 101 Å². The van der Waals surface area contributed by atoms with Crippen LogP contribution in [0, 0.1) is 6.92 Å². The van der Waals surface area contributed by atoms with Crippen molar-refractivity contribution in [2.45, 2.75) is 37.3 Å². The number of aryl methyl sites for hydroxylation is 1. The molecule has 0 saturated carbocycles. The quantitative estimate of drug-likeness (QED) is 0.385. The molecule has 0 aliphatic carbocycles. The Kier molecular flexibility index (Phi) is 6.62. The zero-order valence-corrected chi connectivity index (χ0v) is 20.2. The van der Waals surface area contributed by atoms with Crippen molar-refractivity contribution >= 4 is 33.5 Å². The third-order valence-corrected chi connectivity index (χ3v) is 7.77. The van der Waals surface area contributed by atoms with Crippen molar-refractivity contribution < 1.29 is 31.2 Å². The molecule has 3 aromatic rings. The molecule has 0 amide bonds. The summed E-state index contributed by atoms with van der Waals surface area (Å²) >= 11 is 0. The predicted molar refractivity (Wildman–Crippen MR) is 130 cm³/mol. The molecule has 4 rings (SSSR count). The van der Waals surface area contributed by atoms with Crippen LogP contribution in [0.4, 0.5) is 18.9 Å². The molecule has 1 heterocycles. The van der Waals surface area contributed by atoms with E-state index >= 15 is 0 Å². The number of fused-ring (bicyclic) bond motifs is 1. The first-order valence-corrected chi connectivity index (χ1v) is 12.5. The maximum Gasteiger partial charge on any atom is 0.416 e. The summed E-state index contributed by atoms with van der Waals surface area (Å²) in [7, 11) is -4.31. The van der Waals surface area contributed by atoms with E-state index in [2.05, 4.69) is 0 Å². The number of hydrogen-bond donors (Lipinski definition) is 0. The zero-order chi connectivity index (χ0) is 26.3. The Balaban J connectivity index is 2.04. The second-order valence-corrected chi connectivity index (χ2v) is 10.4. The monoisotopic (exact) mass is 513 g/mol. The Labute approximate surface area is 206 Å². The third-order valence-electron chi connectivity index (χ3n) is 6.05. The van der Waals surface area contributed by atoms with Gasteiger partial charge in [0.15, 0.2) is 0 Å². The van der Waals surface area contributed by atoms with Gasteiger partial charge in [0.2, 0.25) is 0 Å². The van der Waals surface area contributed by atoms with Crippen molar-refractivity contribution in [2.75, 3.05) is 4.31 Å². The van der Waals surface area contributed by atoms with Crippen molar-refractivity contribution in [1.82, 2.24) is 0 Å². The van der Waals surface area contributed by atoms with Crippen LogP contribution in [0.15, 0.2) is 83.3 Å². The Morgan fingerprint density at radius 1 is 0.972 bits per heavy atom. The molecule has 0 fully saturated rings. The van der Waals surface area contributed by atoms with Crippen molar-refractivity contribution in [3.63, 3.8) is 0 Å². The first-order valence-electron chi connectivity index (χ1n) is 11.0. The topological polar surface area (TPSA) is 71.5 Å². The molecule has 9 heteroatoms. The van der Waals surface area contributed by atoms with Gasteiger partial charge in [-0.2, -0.15) is 13.2 Å². The minimum absolute atomic E-state index is 0.000606. The summed E-state index contributed by atoms with van der Waals surface area (Å²) < 4.78 is 68.6. The number of Topliss-reactive ketones (excluding diaryl/α,β-unsaturated/α-hetero) is 1. The average molecular weight is 514 g/mol. The van der Waals surface area contributed by atoms with Crippen molar-refractivity contribution in [1.29, 1.82) is 0 Å². The van der Waals surface area contributed by atoms with E-state index in [0.717, 1.165) is 34.1 Å². The number of aldehydes is 1. The Hall–Kier alpha value is -3.72. The van der Waals surface area contributed by atoms with E-state index in [1.165, 1.54) is 19.1 Å². The smallest absolute Gasteiger partial charge is 0.300 e. The molecular formula is C27H22F3NO4S. The van der Waals surface area contributed by atoms with Gasteiger partial charge in [-0.05, 0) is 55.3 Å². The number of hydrogen-bond acceptors (Lipinski definition) is 4. The summed E-state index contributed by atoms with van der Waals surface area (Å²) in [4.78, 5) is 24.5. The summed E-state index contributed by atoms with van der Waals surface area (Å²) in [5.74, 6) is -0.992. The highest BCUT2D eigenvalue weighted by atomic mass is 32.2. The fraction of sp³-hybridized carbons (Fsp3) is 0.185. The van der Waals surface area contributed by atoms with Gasteiger partial charge in [0.1, 0.15) is 12.1 Å². The van der Waals surface area contributed by atoms with Crippen LogP contribution in [0.1, 0.15) is 41.5 Å². The molecule has 0 N–H and O–H groups in total. The van der Waals surface area contributed by atoms with Gasteiger partial charge in [-0.25, -0.2) is 12.7 Å². The first kappa shape index (κ1) is 25.4. The van der Waals surface area contributed by atoms with Gasteiger partial charge >= 0.3 is 6.18 Å². The third kappa shape index (κ3) is 4.58. The average Bonchev–Trinajstić information content (AvgIpc) is 2.83. The van der Waals surface area contributed by atoms with Gasteiger partial charge in [-0.15, -0.1) is 0 Å². The molecular weight excluding hydrogens is 491 g/mol. The molecule has 5 nitrogen and oxygen atoms in total. The Morgan fingerprint density at radius 3 is 2.14 bits per heavy atom. The number of anilines is 1. The molecule has 3 aromatic carbocycles. The standard InChI is InChI=1S/C27H22F3NO4S/c1-17-7-13-21(14-8-17)36(34,35)31-25-6-4-3-5-22(25)23(15-18(2)33)24(16-32)26(31)19-9-11-20(12-10-19)27(28,29)30/h3-14,16,23H,15H2,1-2H3/t23-/m1/s1. The molecule has 0 saturated heterocycles. The number of carbonyl (C=O) groups excluding carboxylic acids is 2. The highest BCUT2D eigenvalue weighted by Gasteiger charge is 2.40. The van der Waals surface area contributed by atoms with Crippen molar-refractivity contribution in [2.24, 2.45) is 0 Å². The van der Waals surface area contributed by atoms with E-state index in [1.54, 1.807) is 43.3 Å². The summed E-state index contributed by atoms with van der Waals surface area (Å²) in [6.07, 6.45) is -4.19. The minimum Gasteiger partial charge on any atom is -0.300 e. The predicted octanol–water partition coefficient (Wildman–Crippen LogP) is 5.90. The number of benzene rings is 3. The Morgan fingerprint density at radius 2 is 1.58 bits per heavy atom. The summed E-state index contributed by atoms with van der Waals surface area (Å²) in [5.41, 5.74) is 0.629. The number of para-hydroxylation sites is 1. The normalized spacial score (nSPS) is 16.0. The molecule has 1 aliphatic rings. The molecule has 1 aliphatic heterocycles. The first-order chi connectivity index (χ1) is 16.9. The maximum atomic E-state index is 14.0. The van der Waals surface area contributed by atoms with Gasteiger partial charge in [0, 0.05) is 17.9 Å². The van der Waals surface area contributed by atoms with Crippen LogP contribution in [-0.2, 0) is 25.8 Å². The lowest BCUT2D eigenvalue weighted by molar-refractivity contribution is -0.137. The van der Waals surface area contributed by atoms with E-state index < -0.39 is 27.7 Å². The van der Waals surface area contributed by atoms with E-state index in [0.29, 0.717) is 11.8 Å². The number of halogens is 3. The number of ketones is 1. The largest absolute Gasteiger partial charge is 0.416 e. The summed E-state index contributed by atoms with van der Waals surface area (Å²) in [6, 6.07) is 16.6. The van der Waals surface area contributed by atoms with E-state index in [9.17, 15) is 31.2 Å². The lowest BCUT2D eigenvalue weighted by Crippen LogP contribution is -2.35. The molecule has 0 spiro atoms. The van der Waals surface area contributed by atoms with Crippen molar-refractivity contribution in [3.8, 4) is 0 Å². The van der Waals surface area contributed by atoms with Gasteiger partial charge in [-0.1, -0.05) is 48.0 Å². The lowest BCUT2D eigenvalue weighted by atomic mass is 9.81. The second-order valence-electron chi connectivity index (χ2n) is 8.60. The second kappa shape index (κ2) is 9.39. The van der Waals surface area contributed by atoms with Crippen LogP contribution in [-0.4, -0.2) is 20.5 Å². The van der Waals surface area contributed by atoms with Gasteiger partial charge in [-0.3, -0.25) is 9.59 Å². The van der Waals surface area contributed by atoms with E-state index in [1.807, 2.05) is 0 Å². The molecule has 0 aromatic heterocycles. The number of rotatable bonds is 6. The Bertz CT molecular complexity index is 1460. The highest BCUT2D eigenvalue weighted by molar-refractivity contribution is 7.93. The number of sulfonamides is 1. The summed E-state index contributed by atoms with van der Waals surface area (Å²) in [6.45, 7) is 3.16. The number of carbonyl (C=O) groups is 2. The van der Waals surface area contributed by atoms with E-state index in [-0.39, 0.29) is 39.6 Å². The number of allylic oxidation sites excluding steroid dienone is 1. The fourth-order valence-corrected chi connectivity index (χ4v) is 5.92. The molecule has 0 unspecified atom stereocenters. The SMILES string of the molecule is CC(=O)C[C@H]1C(C=O)=C(c2ccc(C(F)(F)F)cc2)N(S(=O)(=O)c2ccc(C)cc2)c2ccccc21. The molecule has 0 radical (unpaired) electrons. The number of alkyl halides is 3. The van der Waals surface area contributed by atoms with Crippen LogP contribution in [0.3, 0.4) is 0 Å². The molecule has 36 heavy (non-hydrogen) atoms. The summed E-state index contributed by atoms with van der Waals surface area (Å²) in [5, 5.41) is 0. The van der Waals surface area contributed by atoms with Gasteiger partial charge in [0.05, 0.1) is 21.8 Å². The van der Waals surface area contributed by atoms with Gasteiger partial charge in [0.25, 0.3) is 10.0 Å². The van der Waals surface area contributed by atoms with Gasteiger partial charge < -0.3 is 0 Å². The van der Waals surface area contributed by atoms with E-state index in [4.69, 9.17) is 0 Å².